The number of methoxy groups -OCH3 is 4. The van der Waals surface area contributed by atoms with Crippen molar-refractivity contribution in [2.75, 3.05) is 35.0 Å². The molecule has 29 heavy (non-hydrogen) atoms. The van der Waals surface area contributed by atoms with Crippen LogP contribution in [0.4, 0.5) is 0 Å². The Hall–Kier alpha value is -3.52. The summed E-state index contributed by atoms with van der Waals surface area (Å²) in [6, 6.07) is 6.69. The summed E-state index contributed by atoms with van der Waals surface area (Å²) in [6.07, 6.45) is 3.28. The number of nitrogens with zero attached hydrogens (tertiary/aromatic N) is 1. The average molecular weight is 398 g/mol. The standard InChI is InChI=1S/C21H22N2O6/c1-26-15-8-7-14-18(13(15)6-5-9-24)22-23-19(14)20(25)12-10-16(27-2)21(29-4)17(11-12)28-3/h5-8,10-11,24H,9H2,1-4H3,(H,22,23)/b6-5-. The van der Waals surface area contributed by atoms with Crippen LogP contribution in [-0.4, -0.2) is 56.1 Å². The number of fused-ring (bicyclic) bond motifs is 1. The minimum absolute atomic E-state index is 0.124. The maximum Gasteiger partial charge on any atom is 0.211 e. The zero-order valence-corrected chi connectivity index (χ0v) is 16.6. The first-order chi connectivity index (χ1) is 14.1. The lowest BCUT2D eigenvalue weighted by Crippen LogP contribution is -2.05. The van der Waals surface area contributed by atoms with Crippen LogP contribution in [0.2, 0.25) is 0 Å². The van der Waals surface area contributed by atoms with E-state index in [0.29, 0.717) is 50.7 Å². The van der Waals surface area contributed by atoms with Gasteiger partial charge >= 0.3 is 0 Å². The van der Waals surface area contributed by atoms with Gasteiger partial charge in [0.05, 0.1) is 35.0 Å². The van der Waals surface area contributed by atoms with Crippen molar-refractivity contribution >= 4 is 22.8 Å². The number of nitrogens with one attached hydrogen (secondary N) is 1. The lowest BCUT2D eigenvalue weighted by Gasteiger charge is -2.13. The fourth-order valence-corrected chi connectivity index (χ4v) is 3.12. The Morgan fingerprint density at radius 1 is 1.03 bits per heavy atom. The second-order valence-corrected chi connectivity index (χ2v) is 6.00. The van der Waals surface area contributed by atoms with Crippen LogP contribution >= 0.6 is 0 Å². The number of ether oxygens (including phenoxy) is 4. The summed E-state index contributed by atoms with van der Waals surface area (Å²) >= 11 is 0. The van der Waals surface area contributed by atoms with Crippen molar-refractivity contribution in [3.63, 3.8) is 0 Å². The number of H-pyrrole nitrogens is 1. The zero-order valence-electron chi connectivity index (χ0n) is 16.6. The van der Waals surface area contributed by atoms with Crippen LogP contribution in [0.5, 0.6) is 23.0 Å². The van der Waals surface area contributed by atoms with E-state index in [1.165, 1.54) is 21.3 Å². The molecule has 2 aromatic carbocycles. The van der Waals surface area contributed by atoms with Gasteiger partial charge in [-0.2, -0.15) is 5.10 Å². The van der Waals surface area contributed by atoms with Crippen molar-refractivity contribution in [3.8, 4) is 23.0 Å². The van der Waals surface area contributed by atoms with Gasteiger partial charge in [-0.25, -0.2) is 0 Å². The molecule has 0 saturated carbocycles. The molecule has 0 aliphatic rings. The molecule has 1 heterocycles. The predicted molar refractivity (Wildman–Crippen MR) is 108 cm³/mol. The lowest BCUT2D eigenvalue weighted by atomic mass is 10.0. The number of carbonyl (C=O) groups excluding carboxylic acids is 1. The molecule has 0 saturated heterocycles. The van der Waals surface area contributed by atoms with Crippen molar-refractivity contribution < 1.29 is 28.8 Å². The number of hydrogen-bond acceptors (Lipinski definition) is 7. The number of hydrogen-bond donors (Lipinski definition) is 2. The Bertz CT molecular complexity index is 1050. The molecule has 0 spiro atoms. The third-order valence-corrected chi connectivity index (χ3v) is 4.49. The fraction of sp³-hybridized carbons (Fsp3) is 0.238. The molecule has 0 atom stereocenters. The summed E-state index contributed by atoms with van der Waals surface area (Å²) in [7, 11) is 6.03. The number of rotatable bonds is 8. The Labute approximate surface area is 167 Å². The second kappa shape index (κ2) is 8.66. The quantitative estimate of drug-likeness (QED) is 0.563. The fourth-order valence-electron chi connectivity index (χ4n) is 3.12. The number of ketones is 1. The summed E-state index contributed by atoms with van der Waals surface area (Å²) in [6.45, 7) is -0.124. The molecule has 8 heteroatoms. The van der Waals surface area contributed by atoms with E-state index in [-0.39, 0.29) is 12.4 Å². The van der Waals surface area contributed by atoms with E-state index >= 15 is 0 Å². The molecule has 0 unspecified atom stereocenters. The maximum absolute atomic E-state index is 13.2. The highest BCUT2D eigenvalue weighted by molar-refractivity contribution is 6.16. The molecule has 0 aliphatic heterocycles. The van der Waals surface area contributed by atoms with E-state index in [4.69, 9.17) is 24.1 Å². The van der Waals surface area contributed by atoms with Crippen LogP contribution in [0.15, 0.2) is 30.3 Å². The van der Waals surface area contributed by atoms with Crippen molar-refractivity contribution in [2.45, 2.75) is 0 Å². The lowest BCUT2D eigenvalue weighted by molar-refractivity contribution is 0.103. The Morgan fingerprint density at radius 3 is 2.24 bits per heavy atom. The highest BCUT2D eigenvalue weighted by Crippen LogP contribution is 2.39. The van der Waals surface area contributed by atoms with Gasteiger partial charge in [0.2, 0.25) is 11.5 Å². The highest BCUT2D eigenvalue weighted by Gasteiger charge is 2.22. The molecule has 0 bridgehead atoms. The van der Waals surface area contributed by atoms with Crippen LogP contribution in [0.3, 0.4) is 0 Å². The SMILES string of the molecule is COc1cc(C(=O)c2[nH]nc3c(/C=C\CO)c(OC)ccc23)cc(OC)c1OC. The van der Waals surface area contributed by atoms with E-state index in [1.807, 2.05) is 0 Å². The number of aliphatic hydroxyl groups is 1. The number of carbonyl (C=O) groups is 1. The minimum Gasteiger partial charge on any atom is -0.496 e. The molecule has 0 radical (unpaired) electrons. The first-order valence-electron chi connectivity index (χ1n) is 8.76. The van der Waals surface area contributed by atoms with Gasteiger partial charge in [-0.1, -0.05) is 12.2 Å². The average Bonchev–Trinajstić information content (AvgIpc) is 3.19. The Kier molecular flexibility index (Phi) is 6.04. The van der Waals surface area contributed by atoms with Crippen LogP contribution in [0.1, 0.15) is 21.6 Å². The van der Waals surface area contributed by atoms with Crippen molar-refractivity contribution in [1.82, 2.24) is 10.2 Å². The third kappa shape index (κ3) is 3.62. The smallest absolute Gasteiger partial charge is 0.211 e. The second-order valence-electron chi connectivity index (χ2n) is 6.00. The van der Waals surface area contributed by atoms with Gasteiger partial charge in [0.1, 0.15) is 17.0 Å². The van der Waals surface area contributed by atoms with Crippen LogP contribution < -0.4 is 18.9 Å². The van der Waals surface area contributed by atoms with Gasteiger partial charge < -0.3 is 24.1 Å². The predicted octanol–water partition coefficient (Wildman–Crippen LogP) is 2.83. The first-order valence-corrected chi connectivity index (χ1v) is 8.76. The van der Waals surface area contributed by atoms with Gasteiger partial charge in [0, 0.05) is 16.5 Å². The van der Waals surface area contributed by atoms with E-state index in [9.17, 15) is 4.79 Å². The largest absolute Gasteiger partial charge is 0.496 e. The molecule has 0 amide bonds. The number of aromatic amines is 1. The number of benzene rings is 2. The van der Waals surface area contributed by atoms with E-state index in [1.54, 1.807) is 43.5 Å². The Balaban J connectivity index is 2.14. The molecule has 0 aliphatic carbocycles. The molecule has 0 fully saturated rings. The molecule has 2 N–H and O–H groups in total. The first kappa shape index (κ1) is 20.2. The molecular formula is C21H22N2O6. The minimum atomic E-state index is -0.283. The summed E-state index contributed by atoms with van der Waals surface area (Å²) in [5.74, 6) is 1.47. The summed E-state index contributed by atoms with van der Waals surface area (Å²) < 4.78 is 21.4. The van der Waals surface area contributed by atoms with Gasteiger partial charge in [-0.15, -0.1) is 0 Å². The van der Waals surface area contributed by atoms with Gasteiger partial charge in [-0.05, 0) is 24.3 Å². The molecule has 3 aromatic rings. The summed E-state index contributed by atoms with van der Waals surface area (Å²) in [5.41, 5.74) is 1.90. The molecule has 152 valence electrons. The van der Waals surface area contributed by atoms with E-state index in [0.717, 1.165) is 0 Å². The number of aliphatic hydroxyl groups excluding tert-OH is 1. The van der Waals surface area contributed by atoms with Gasteiger partial charge in [-0.3, -0.25) is 9.89 Å². The Morgan fingerprint density at radius 2 is 1.69 bits per heavy atom. The summed E-state index contributed by atoms with van der Waals surface area (Å²) in [4.78, 5) is 13.2. The van der Waals surface area contributed by atoms with Crippen molar-refractivity contribution in [2.24, 2.45) is 0 Å². The molecule has 3 rings (SSSR count). The zero-order chi connectivity index (χ0) is 21.0. The topological polar surface area (TPSA) is 103 Å². The summed E-state index contributed by atoms with van der Waals surface area (Å²) in [5, 5.41) is 16.8. The van der Waals surface area contributed by atoms with E-state index < -0.39 is 0 Å². The molecule has 1 aromatic heterocycles. The monoisotopic (exact) mass is 398 g/mol. The normalized spacial score (nSPS) is 11.1. The maximum atomic E-state index is 13.2. The van der Waals surface area contributed by atoms with Crippen LogP contribution in [-0.2, 0) is 0 Å². The van der Waals surface area contributed by atoms with E-state index in [2.05, 4.69) is 10.2 Å². The molecule has 8 nitrogen and oxygen atoms in total. The van der Waals surface area contributed by atoms with Crippen molar-refractivity contribution in [3.05, 3.63) is 47.2 Å². The highest BCUT2D eigenvalue weighted by atomic mass is 16.5. The van der Waals surface area contributed by atoms with Crippen LogP contribution in [0.25, 0.3) is 17.0 Å². The number of aromatic nitrogens is 2. The third-order valence-electron chi connectivity index (χ3n) is 4.49. The molecular weight excluding hydrogens is 376 g/mol. The van der Waals surface area contributed by atoms with Crippen molar-refractivity contribution in [1.29, 1.82) is 0 Å². The van der Waals surface area contributed by atoms with Gasteiger partial charge in [0.15, 0.2) is 11.5 Å². The van der Waals surface area contributed by atoms with Crippen LogP contribution in [0, 0.1) is 0 Å². The van der Waals surface area contributed by atoms with Gasteiger partial charge in [0.25, 0.3) is 0 Å².